The van der Waals surface area contributed by atoms with Crippen LogP contribution >= 0.6 is 0 Å². The summed E-state index contributed by atoms with van der Waals surface area (Å²) in [6.45, 7) is 5.95. The van der Waals surface area contributed by atoms with Crippen LogP contribution < -0.4 is 10.5 Å². The van der Waals surface area contributed by atoms with Gasteiger partial charge in [-0.25, -0.2) is 4.98 Å². The van der Waals surface area contributed by atoms with Gasteiger partial charge in [0.25, 0.3) is 0 Å². The topological polar surface area (TPSA) is 61.0 Å². The molecule has 0 spiro atoms. The molecule has 14 heavy (non-hydrogen) atoms. The molecule has 1 unspecified atom stereocenters. The number of nitrogens with two attached hydrogens (primary N) is 1. The molecule has 0 aliphatic heterocycles. The van der Waals surface area contributed by atoms with E-state index in [1.165, 1.54) is 0 Å². The fraction of sp³-hybridized carbons (Fsp3) is 0.600. The first-order valence-electron chi connectivity index (χ1n) is 4.89. The maximum atomic E-state index is 5.59. The van der Waals surface area contributed by atoms with E-state index in [0.29, 0.717) is 17.5 Å². The predicted molar refractivity (Wildman–Crippen MR) is 56.2 cm³/mol. The quantitative estimate of drug-likeness (QED) is 0.797. The van der Waals surface area contributed by atoms with Crippen molar-refractivity contribution in [2.45, 2.75) is 39.7 Å². The third-order valence-electron chi connectivity index (χ3n) is 1.85. The highest BCUT2D eigenvalue weighted by molar-refractivity contribution is 5.32. The van der Waals surface area contributed by atoms with Crippen LogP contribution in [0.2, 0.25) is 0 Å². The SMILES string of the molecule is CCCC(C)Oc1cc(N)nc(C)n1. The zero-order valence-electron chi connectivity index (χ0n) is 8.95. The van der Waals surface area contributed by atoms with Gasteiger partial charge in [0.2, 0.25) is 5.88 Å². The lowest BCUT2D eigenvalue weighted by Gasteiger charge is -2.12. The molecule has 1 aromatic rings. The van der Waals surface area contributed by atoms with Gasteiger partial charge in [0.1, 0.15) is 11.6 Å². The number of aryl methyl sites for hydroxylation is 1. The van der Waals surface area contributed by atoms with Crippen LogP contribution in [0.25, 0.3) is 0 Å². The summed E-state index contributed by atoms with van der Waals surface area (Å²) in [4.78, 5) is 8.12. The molecule has 0 aliphatic carbocycles. The van der Waals surface area contributed by atoms with Gasteiger partial charge in [-0.15, -0.1) is 0 Å². The Bertz CT molecular complexity index is 281. The van der Waals surface area contributed by atoms with E-state index in [1.54, 1.807) is 13.0 Å². The summed E-state index contributed by atoms with van der Waals surface area (Å²) in [5.41, 5.74) is 5.58. The minimum absolute atomic E-state index is 0.175. The Labute approximate surface area is 84.5 Å². The van der Waals surface area contributed by atoms with Gasteiger partial charge in [0, 0.05) is 6.07 Å². The Kier molecular flexibility index (Phi) is 3.68. The average molecular weight is 195 g/mol. The fourth-order valence-corrected chi connectivity index (χ4v) is 1.29. The van der Waals surface area contributed by atoms with Gasteiger partial charge in [0.05, 0.1) is 6.10 Å². The second-order valence-electron chi connectivity index (χ2n) is 3.40. The maximum absolute atomic E-state index is 5.59. The van der Waals surface area contributed by atoms with Crippen molar-refractivity contribution in [2.24, 2.45) is 0 Å². The molecule has 0 saturated heterocycles. The molecule has 2 N–H and O–H groups in total. The molecular formula is C10H17N3O. The number of aromatic nitrogens is 2. The summed E-state index contributed by atoms with van der Waals surface area (Å²) in [5, 5.41) is 0. The van der Waals surface area contributed by atoms with Crippen LogP contribution in [-0.4, -0.2) is 16.1 Å². The van der Waals surface area contributed by atoms with Crippen LogP contribution in [0.4, 0.5) is 5.82 Å². The van der Waals surface area contributed by atoms with Gasteiger partial charge in [-0.3, -0.25) is 0 Å². The number of nitrogens with zero attached hydrogens (tertiary/aromatic N) is 2. The lowest BCUT2D eigenvalue weighted by Crippen LogP contribution is -2.12. The van der Waals surface area contributed by atoms with Gasteiger partial charge in [-0.2, -0.15) is 4.98 Å². The summed E-state index contributed by atoms with van der Waals surface area (Å²) in [7, 11) is 0. The highest BCUT2D eigenvalue weighted by Gasteiger charge is 2.05. The Morgan fingerprint density at radius 3 is 2.79 bits per heavy atom. The molecular weight excluding hydrogens is 178 g/mol. The maximum Gasteiger partial charge on any atom is 0.218 e. The number of rotatable bonds is 4. The van der Waals surface area contributed by atoms with Crippen molar-refractivity contribution in [3.63, 3.8) is 0 Å². The number of hydrogen-bond donors (Lipinski definition) is 1. The first kappa shape index (κ1) is 10.8. The summed E-state index contributed by atoms with van der Waals surface area (Å²) >= 11 is 0. The van der Waals surface area contributed by atoms with Gasteiger partial charge in [-0.05, 0) is 20.3 Å². The van der Waals surface area contributed by atoms with E-state index in [4.69, 9.17) is 10.5 Å². The number of ether oxygens (including phenoxy) is 1. The zero-order valence-corrected chi connectivity index (χ0v) is 8.95. The zero-order chi connectivity index (χ0) is 10.6. The third-order valence-corrected chi connectivity index (χ3v) is 1.85. The molecule has 0 saturated carbocycles. The highest BCUT2D eigenvalue weighted by atomic mass is 16.5. The number of hydrogen-bond acceptors (Lipinski definition) is 4. The first-order chi connectivity index (χ1) is 6.61. The van der Waals surface area contributed by atoms with Crippen LogP contribution in [-0.2, 0) is 0 Å². The van der Waals surface area contributed by atoms with E-state index < -0.39 is 0 Å². The molecule has 1 atom stereocenters. The van der Waals surface area contributed by atoms with Gasteiger partial charge in [0.15, 0.2) is 0 Å². The van der Waals surface area contributed by atoms with Crippen LogP contribution in [0, 0.1) is 6.92 Å². The van der Waals surface area contributed by atoms with E-state index >= 15 is 0 Å². The van der Waals surface area contributed by atoms with Crippen molar-refractivity contribution in [3.05, 3.63) is 11.9 Å². The van der Waals surface area contributed by atoms with Gasteiger partial charge >= 0.3 is 0 Å². The van der Waals surface area contributed by atoms with Crippen molar-refractivity contribution in [2.75, 3.05) is 5.73 Å². The second kappa shape index (κ2) is 4.79. The second-order valence-corrected chi connectivity index (χ2v) is 3.40. The Balaban J connectivity index is 2.66. The van der Waals surface area contributed by atoms with Crippen LogP contribution in [0.3, 0.4) is 0 Å². The minimum atomic E-state index is 0.175. The van der Waals surface area contributed by atoms with Crippen molar-refractivity contribution >= 4 is 5.82 Å². The Hall–Kier alpha value is -1.32. The van der Waals surface area contributed by atoms with Crippen molar-refractivity contribution in [3.8, 4) is 5.88 Å². The molecule has 78 valence electrons. The van der Waals surface area contributed by atoms with E-state index in [-0.39, 0.29) is 6.10 Å². The van der Waals surface area contributed by atoms with E-state index in [1.807, 2.05) is 6.92 Å². The molecule has 0 bridgehead atoms. The molecule has 1 rings (SSSR count). The molecule has 0 aliphatic rings. The molecule has 4 nitrogen and oxygen atoms in total. The summed E-state index contributed by atoms with van der Waals surface area (Å²) < 4.78 is 5.59. The van der Waals surface area contributed by atoms with Crippen molar-refractivity contribution < 1.29 is 4.74 Å². The standard InChI is InChI=1S/C10H17N3O/c1-4-5-7(2)14-10-6-9(11)12-8(3)13-10/h6-7H,4-5H2,1-3H3,(H2,11,12,13). The number of nitrogen functional groups attached to an aromatic ring is 1. The fourth-order valence-electron chi connectivity index (χ4n) is 1.29. The van der Waals surface area contributed by atoms with E-state index in [0.717, 1.165) is 12.8 Å². The third kappa shape index (κ3) is 3.20. The molecule has 1 aromatic heterocycles. The largest absolute Gasteiger partial charge is 0.475 e. The van der Waals surface area contributed by atoms with Gasteiger partial charge < -0.3 is 10.5 Å². The summed E-state index contributed by atoms with van der Waals surface area (Å²) in [5.74, 6) is 1.66. The van der Waals surface area contributed by atoms with Crippen molar-refractivity contribution in [1.29, 1.82) is 0 Å². The highest BCUT2D eigenvalue weighted by Crippen LogP contribution is 2.13. The molecule has 0 fully saturated rings. The number of anilines is 1. The summed E-state index contributed by atoms with van der Waals surface area (Å²) in [6, 6.07) is 1.65. The molecule has 0 aromatic carbocycles. The lowest BCUT2D eigenvalue weighted by molar-refractivity contribution is 0.201. The monoisotopic (exact) mass is 195 g/mol. The lowest BCUT2D eigenvalue weighted by atomic mass is 10.2. The Morgan fingerprint density at radius 1 is 1.50 bits per heavy atom. The van der Waals surface area contributed by atoms with Crippen LogP contribution in [0.1, 0.15) is 32.5 Å². The van der Waals surface area contributed by atoms with E-state index in [9.17, 15) is 0 Å². The van der Waals surface area contributed by atoms with Crippen molar-refractivity contribution in [1.82, 2.24) is 9.97 Å². The molecule has 4 heteroatoms. The molecule has 0 radical (unpaired) electrons. The normalized spacial score (nSPS) is 12.5. The molecule has 0 amide bonds. The first-order valence-corrected chi connectivity index (χ1v) is 4.89. The smallest absolute Gasteiger partial charge is 0.218 e. The predicted octanol–water partition coefficient (Wildman–Crippen LogP) is 1.93. The molecule has 1 heterocycles. The van der Waals surface area contributed by atoms with E-state index in [2.05, 4.69) is 16.9 Å². The Morgan fingerprint density at radius 2 is 2.21 bits per heavy atom. The minimum Gasteiger partial charge on any atom is -0.475 e. The summed E-state index contributed by atoms with van der Waals surface area (Å²) in [6.07, 6.45) is 2.29. The van der Waals surface area contributed by atoms with Gasteiger partial charge in [-0.1, -0.05) is 13.3 Å². The van der Waals surface area contributed by atoms with Crippen LogP contribution in [0.5, 0.6) is 5.88 Å². The van der Waals surface area contributed by atoms with Crippen LogP contribution in [0.15, 0.2) is 6.07 Å². The average Bonchev–Trinajstić information content (AvgIpc) is 2.01.